The van der Waals surface area contributed by atoms with E-state index in [0.717, 1.165) is 24.8 Å². The molecule has 2 heterocycles. The molecular formula is C32H52N2O8S. The summed E-state index contributed by atoms with van der Waals surface area (Å²) in [5.74, 6) is -0.429. The molecule has 3 rings (SSSR count). The first-order chi connectivity index (χ1) is 20.1. The van der Waals surface area contributed by atoms with E-state index >= 15 is 0 Å². The number of carbonyl (C=O) groups is 3. The molecule has 2 saturated heterocycles. The highest BCUT2D eigenvalue weighted by Gasteiger charge is 2.56. The Balaban J connectivity index is 1.50. The number of thiol groups is 1. The first kappa shape index (κ1) is 35.1. The Bertz CT molecular complexity index is 1140. The minimum absolute atomic E-state index is 0.00160. The largest absolute Gasteiger partial charge is 0.459 e. The lowest BCUT2D eigenvalue weighted by molar-refractivity contribution is -0.146. The molecule has 10 nitrogen and oxygen atoms in total. The van der Waals surface area contributed by atoms with Crippen molar-refractivity contribution in [2.24, 2.45) is 11.3 Å². The van der Waals surface area contributed by atoms with E-state index < -0.39 is 34.2 Å². The number of amides is 2. The Kier molecular flexibility index (Phi) is 12.3. The number of aliphatic hydroxyl groups is 1. The second-order valence-electron chi connectivity index (χ2n) is 13.2. The highest BCUT2D eigenvalue weighted by Crippen LogP contribution is 2.56. The molecule has 3 fully saturated rings. The molecule has 0 unspecified atom stereocenters. The molecule has 1 spiro atoms. The Morgan fingerprint density at radius 3 is 2.47 bits per heavy atom. The van der Waals surface area contributed by atoms with E-state index in [1.807, 2.05) is 26.0 Å². The third-order valence-electron chi connectivity index (χ3n) is 8.52. The first-order valence-electron chi connectivity index (χ1n) is 15.4. The van der Waals surface area contributed by atoms with Crippen molar-refractivity contribution in [1.82, 2.24) is 10.6 Å². The topological polar surface area (TPSA) is 140 Å². The molecule has 0 aromatic heterocycles. The van der Waals surface area contributed by atoms with Gasteiger partial charge in [0, 0.05) is 18.4 Å². The summed E-state index contributed by atoms with van der Waals surface area (Å²) in [6.07, 6.45) is 14.3. The fraction of sp³-hybridized carbons (Fsp3) is 0.719. The van der Waals surface area contributed by atoms with Gasteiger partial charge in [-0.1, -0.05) is 40.7 Å². The van der Waals surface area contributed by atoms with Gasteiger partial charge >= 0.3 is 5.97 Å². The Hall–Kier alpha value is -2.34. The normalized spacial score (nSPS) is 32.0. The van der Waals surface area contributed by atoms with E-state index in [-0.39, 0.29) is 59.8 Å². The molecule has 1 aliphatic carbocycles. The summed E-state index contributed by atoms with van der Waals surface area (Å²) in [7, 11) is -2.34. The number of nitrogens with one attached hydrogen (secondary N) is 2. The van der Waals surface area contributed by atoms with E-state index in [1.165, 1.54) is 13.0 Å². The van der Waals surface area contributed by atoms with Crippen molar-refractivity contribution >= 4 is 27.7 Å². The van der Waals surface area contributed by atoms with Crippen LogP contribution in [-0.4, -0.2) is 88.2 Å². The molecule has 11 heteroatoms. The summed E-state index contributed by atoms with van der Waals surface area (Å²) < 4.78 is 29.4. The van der Waals surface area contributed by atoms with Gasteiger partial charge in [-0.2, -0.15) is 0 Å². The summed E-state index contributed by atoms with van der Waals surface area (Å²) in [5.41, 5.74) is 0.831. The Morgan fingerprint density at radius 2 is 1.84 bits per heavy atom. The van der Waals surface area contributed by atoms with Crippen LogP contribution in [0.1, 0.15) is 73.1 Å². The van der Waals surface area contributed by atoms with Gasteiger partial charge in [-0.3, -0.25) is 18.6 Å². The molecular weight excluding hydrogens is 572 g/mol. The van der Waals surface area contributed by atoms with Gasteiger partial charge in [-0.05, 0) is 77.4 Å². The molecule has 43 heavy (non-hydrogen) atoms. The minimum atomic E-state index is -2.34. The van der Waals surface area contributed by atoms with Crippen LogP contribution in [0, 0.1) is 11.3 Å². The van der Waals surface area contributed by atoms with Gasteiger partial charge in [0.05, 0.1) is 42.8 Å². The van der Waals surface area contributed by atoms with Crippen LogP contribution in [0.5, 0.6) is 0 Å². The molecule has 8 atom stereocenters. The minimum Gasteiger partial charge on any atom is -0.459 e. The monoisotopic (exact) mass is 624 g/mol. The predicted octanol–water partition coefficient (Wildman–Crippen LogP) is 2.72. The maximum atomic E-state index is 12.4. The van der Waals surface area contributed by atoms with E-state index in [1.54, 1.807) is 25.5 Å². The number of rotatable bonds is 12. The average Bonchev–Trinajstić information content (AvgIpc) is 3.67. The molecule has 244 valence electrons. The quantitative estimate of drug-likeness (QED) is 0.113. The van der Waals surface area contributed by atoms with Crippen LogP contribution in [0.3, 0.4) is 0 Å². The number of hydrogen-bond donors (Lipinski definition) is 4. The summed E-state index contributed by atoms with van der Waals surface area (Å²) in [6, 6.07) is -0.124. The third-order valence-corrected chi connectivity index (χ3v) is 9.44. The highest BCUT2D eigenvalue weighted by molar-refractivity contribution is 8.01. The Morgan fingerprint density at radius 1 is 1.14 bits per heavy atom. The standard InChI is InChI=1S/C32H52N2O8S/c1-20(8-11-27-21(2)16-26(23(4)41-27)34-29(36)13-10-22(3)40-24(5)35)9-12-28-31(38)32(14-15-32)18-25(42-28)17-30(37)33-19-43(6,7)39/h8-10,12-13,21-23,25-28,31,38,43H,11,14-19H2,1-7H3,(H,33,37)(H,34,36)/b12-9+,13-10-,20-8+/t21-,22-,23+,25+,26+,27-,28+,31+/m0/s1. The van der Waals surface area contributed by atoms with E-state index in [9.17, 15) is 23.7 Å². The van der Waals surface area contributed by atoms with Crippen LogP contribution < -0.4 is 10.6 Å². The van der Waals surface area contributed by atoms with Crippen molar-refractivity contribution in [1.29, 1.82) is 0 Å². The summed E-state index contributed by atoms with van der Waals surface area (Å²) in [4.78, 5) is 35.9. The van der Waals surface area contributed by atoms with Crippen molar-refractivity contribution in [3.05, 3.63) is 36.0 Å². The smallest absolute Gasteiger partial charge is 0.303 e. The van der Waals surface area contributed by atoms with Gasteiger partial charge in [0.1, 0.15) is 12.2 Å². The van der Waals surface area contributed by atoms with Crippen LogP contribution in [0.2, 0.25) is 0 Å². The van der Waals surface area contributed by atoms with Crippen LogP contribution in [0.4, 0.5) is 0 Å². The zero-order valence-corrected chi connectivity index (χ0v) is 27.6. The zero-order valence-electron chi connectivity index (χ0n) is 26.7. The molecule has 3 aliphatic rings. The van der Waals surface area contributed by atoms with E-state index in [0.29, 0.717) is 12.8 Å². The number of carbonyl (C=O) groups excluding carboxylic acids is 3. The van der Waals surface area contributed by atoms with Gasteiger partial charge in [0.15, 0.2) is 0 Å². The summed E-state index contributed by atoms with van der Waals surface area (Å²) in [6.45, 7) is 9.10. The van der Waals surface area contributed by atoms with Gasteiger partial charge < -0.3 is 30.0 Å². The first-order valence-corrected chi connectivity index (χ1v) is 18.2. The molecule has 1 saturated carbocycles. The van der Waals surface area contributed by atoms with Gasteiger partial charge in [0.25, 0.3) is 0 Å². The van der Waals surface area contributed by atoms with Crippen molar-refractivity contribution < 1.29 is 37.9 Å². The van der Waals surface area contributed by atoms with Gasteiger partial charge in [-0.25, -0.2) is 0 Å². The molecule has 0 aromatic carbocycles. The number of esters is 1. The van der Waals surface area contributed by atoms with Crippen LogP contribution in [0.25, 0.3) is 0 Å². The van der Waals surface area contributed by atoms with Gasteiger partial charge in [-0.15, -0.1) is 0 Å². The lowest BCUT2D eigenvalue weighted by atomic mass is 9.84. The SMILES string of the molecule is CC(=O)O[C@@H](C)/C=C\C(=O)N[C@@H]1C[C@H](C)[C@H](C/C=C(C)/C=C/[C@H]2O[C@H](CC(=O)NC[SH](C)(C)=O)CC3(CC3)[C@@H]2O)O[C@@H]1C. The van der Waals surface area contributed by atoms with E-state index in [2.05, 4.69) is 23.6 Å². The molecule has 3 N–H and O–H groups in total. The second-order valence-corrected chi connectivity index (χ2v) is 16.7. The molecule has 2 amide bonds. The van der Waals surface area contributed by atoms with Crippen LogP contribution in [0.15, 0.2) is 36.0 Å². The molecule has 0 aromatic rings. The molecule has 0 bridgehead atoms. The highest BCUT2D eigenvalue weighted by atomic mass is 32.2. The maximum absolute atomic E-state index is 12.4. The number of hydrogen-bond acceptors (Lipinski definition) is 8. The summed E-state index contributed by atoms with van der Waals surface area (Å²) >= 11 is 0. The fourth-order valence-electron chi connectivity index (χ4n) is 5.84. The zero-order chi connectivity index (χ0) is 31.9. The van der Waals surface area contributed by atoms with E-state index in [4.69, 9.17) is 14.2 Å². The number of aliphatic hydroxyl groups excluding tert-OH is 1. The average molecular weight is 625 g/mol. The molecule has 2 aliphatic heterocycles. The second kappa shape index (κ2) is 15.1. The number of allylic oxidation sites excluding steroid dienone is 2. The lowest BCUT2D eigenvalue weighted by Crippen LogP contribution is -2.50. The Labute approximate surface area is 257 Å². The van der Waals surface area contributed by atoms with Crippen molar-refractivity contribution in [2.45, 2.75) is 116 Å². The fourth-order valence-corrected chi connectivity index (χ4v) is 6.40. The van der Waals surface area contributed by atoms with Crippen LogP contribution in [-0.2, 0) is 38.5 Å². The molecule has 0 radical (unpaired) electrons. The third kappa shape index (κ3) is 11.3. The van der Waals surface area contributed by atoms with Crippen molar-refractivity contribution in [3.8, 4) is 0 Å². The van der Waals surface area contributed by atoms with Crippen molar-refractivity contribution in [3.63, 3.8) is 0 Å². The maximum Gasteiger partial charge on any atom is 0.303 e. The number of ether oxygens (including phenoxy) is 3. The van der Waals surface area contributed by atoms with Crippen LogP contribution >= 0.6 is 0 Å². The summed E-state index contributed by atoms with van der Waals surface area (Å²) in [5, 5.41) is 16.8. The predicted molar refractivity (Wildman–Crippen MR) is 168 cm³/mol. The van der Waals surface area contributed by atoms with Crippen molar-refractivity contribution in [2.75, 3.05) is 18.4 Å². The van der Waals surface area contributed by atoms with Gasteiger partial charge in [0.2, 0.25) is 11.8 Å². The lowest BCUT2D eigenvalue weighted by Gasteiger charge is -2.39.